The second kappa shape index (κ2) is 5.17. The molecule has 2 aliphatic rings. The van der Waals surface area contributed by atoms with E-state index < -0.39 is 0 Å². The van der Waals surface area contributed by atoms with E-state index >= 15 is 0 Å². The van der Waals surface area contributed by atoms with Crippen molar-refractivity contribution >= 4 is 0 Å². The number of rotatable bonds is 2. The van der Waals surface area contributed by atoms with Crippen molar-refractivity contribution in [1.29, 1.82) is 0 Å². The summed E-state index contributed by atoms with van der Waals surface area (Å²) in [5.41, 5.74) is 3.43. The van der Waals surface area contributed by atoms with Crippen molar-refractivity contribution in [1.82, 2.24) is 29.4 Å². The number of aromatic nitrogens is 5. The van der Waals surface area contributed by atoms with E-state index in [1.807, 2.05) is 0 Å². The highest BCUT2D eigenvalue weighted by Crippen LogP contribution is 2.30. The lowest BCUT2D eigenvalue weighted by atomic mass is 10.0. The smallest absolute Gasteiger partial charge is 0.123 e. The Morgan fingerprint density at radius 1 is 1.36 bits per heavy atom. The van der Waals surface area contributed by atoms with Gasteiger partial charge in [0, 0.05) is 25.8 Å². The molecule has 4 heterocycles. The quantitative estimate of drug-likeness (QED) is 0.827. The maximum atomic E-state index is 5.96. The molecule has 7 heteroatoms. The summed E-state index contributed by atoms with van der Waals surface area (Å²) in [5.74, 6) is 1.13. The van der Waals surface area contributed by atoms with E-state index in [1.165, 1.54) is 5.69 Å². The average molecular weight is 302 g/mol. The first-order valence-electron chi connectivity index (χ1n) is 7.85. The van der Waals surface area contributed by atoms with E-state index in [0.29, 0.717) is 6.61 Å². The molecule has 2 aromatic heterocycles. The predicted molar refractivity (Wildman–Crippen MR) is 80.2 cm³/mol. The maximum absolute atomic E-state index is 5.96. The molecule has 0 saturated carbocycles. The van der Waals surface area contributed by atoms with Crippen LogP contribution in [0.1, 0.15) is 35.4 Å². The third-order valence-electron chi connectivity index (χ3n) is 5.09. The predicted octanol–water partition coefficient (Wildman–Crippen LogP) is 0.974. The number of hydrogen-bond donors (Lipinski definition) is 0. The molecule has 2 atom stereocenters. The van der Waals surface area contributed by atoms with Crippen LogP contribution in [-0.4, -0.2) is 48.6 Å². The molecular weight excluding hydrogens is 280 g/mol. The zero-order valence-corrected chi connectivity index (χ0v) is 13.4. The fourth-order valence-electron chi connectivity index (χ4n) is 3.52. The maximum Gasteiger partial charge on any atom is 0.123 e. The summed E-state index contributed by atoms with van der Waals surface area (Å²) in [6.45, 7) is 7.67. The van der Waals surface area contributed by atoms with Crippen LogP contribution in [0.3, 0.4) is 0 Å². The van der Waals surface area contributed by atoms with E-state index in [2.05, 4.69) is 45.4 Å². The molecule has 1 fully saturated rings. The standard InChI is InChI=1S/C15H22N6O/c1-10-11(2)19(3)15(17-10)8-20-5-4-14-13(7-20)21-12(9-22-14)6-16-18-21/h6,13-14H,4-5,7-9H2,1-3H3/t13-,14-/m1/s1. The second-order valence-corrected chi connectivity index (χ2v) is 6.37. The van der Waals surface area contributed by atoms with E-state index in [4.69, 9.17) is 9.72 Å². The van der Waals surface area contributed by atoms with Gasteiger partial charge in [-0.3, -0.25) is 4.90 Å². The number of fused-ring (bicyclic) bond motifs is 3. The Hall–Kier alpha value is -1.73. The Balaban J connectivity index is 1.53. The summed E-state index contributed by atoms with van der Waals surface area (Å²) < 4.78 is 10.2. The van der Waals surface area contributed by atoms with E-state index in [1.54, 1.807) is 6.20 Å². The van der Waals surface area contributed by atoms with E-state index in [0.717, 1.165) is 43.3 Å². The van der Waals surface area contributed by atoms with Gasteiger partial charge < -0.3 is 9.30 Å². The third-order valence-corrected chi connectivity index (χ3v) is 5.09. The van der Waals surface area contributed by atoms with Gasteiger partial charge in [-0.2, -0.15) is 0 Å². The first-order valence-corrected chi connectivity index (χ1v) is 7.85. The van der Waals surface area contributed by atoms with Crippen molar-refractivity contribution in [2.24, 2.45) is 7.05 Å². The van der Waals surface area contributed by atoms with Crippen molar-refractivity contribution < 1.29 is 4.74 Å². The van der Waals surface area contributed by atoms with Gasteiger partial charge in [-0.25, -0.2) is 9.67 Å². The topological polar surface area (TPSA) is 61.0 Å². The van der Waals surface area contributed by atoms with Crippen LogP contribution in [0.4, 0.5) is 0 Å². The minimum absolute atomic E-state index is 0.260. The molecule has 22 heavy (non-hydrogen) atoms. The Kier molecular flexibility index (Phi) is 3.27. The molecule has 0 aromatic carbocycles. The van der Waals surface area contributed by atoms with Gasteiger partial charge in [0.1, 0.15) is 5.82 Å². The highest BCUT2D eigenvalue weighted by Gasteiger charge is 2.36. The molecule has 2 aromatic rings. The number of aryl methyl sites for hydroxylation is 1. The number of nitrogens with zero attached hydrogens (tertiary/aromatic N) is 6. The zero-order valence-electron chi connectivity index (χ0n) is 13.4. The first kappa shape index (κ1) is 13.9. The monoisotopic (exact) mass is 302 g/mol. The molecule has 4 rings (SSSR count). The minimum Gasteiger partial charge on any atom is -0.370 e. The van der Waals surface area contributed by atoms with Crippen LogP contribution in [0.15, 0.2) is 6.20 Å². The van der Waals surface area contributed by atoms with Crippen LogP contribution in [0.2, 0.25) is 0 Å². The second-order valence-electron chi connectivity index (χ2n) is 6.37. The fraction of sp³-hybridized carbons (Fsp3) is 0.667. The van der Waals surface area contributed by atoms with Crippen molar-refractivity contribution in [2.75, 3.05) is 13.1 Å². The number of imidazole rings is 1. The summed E-state index contributed by atoms with van der Waals surface area (Å²) in [6.07, 6.45) is 3.10. The Labute approximate surface area is 129 Å². The highest BCUT2D eigenvalue weighted by molar-refractivity contribution is 5.13. The molecule has 0 bridgehead atoms. The molecule has 0 aliphatic carbocycles. The van der Waals surface area contributed by atoms with Gasteiger partial charge in [-0.05, 0) is 20.3 Å². The van der Waals surface area contributed by atoms with Gasteiger partial charge in [0.15, 0.2) is 0 Å². The van der Waals surface area contributed by atoms with Crippen LogP contribution in [0, 0.1) is 13.8 Å². The van der Waals surface area contributed by atoms with Crippen LogP contribution < -0.4 is 0 Å². The molecule has 0 radical (unpaired) electrons. The molecule has 1 saturated heterocycles. The Morgan fingerprint density at radius 2 is 2.23 bits per heavy atom. The molecule has 0 spiro atoms. The van der Waals surface area contributed by atoms with Gasteiger partial charge in [0.25, 0.3) is 0 Å². The lowest BCUT2D eigenvalue weighted by Gasteiger charge is -2.40. The third kappa shape index (κ3) is 2.16. The molecule has 118 valence electrons. The normalized spacial score (nSPS) is 25.0. The summed E-state index contributed by atoms with van der Waals surface area (Å²) in [4.78, 5) is 7.14. The van der Waals surface area contributed by atoms with Gasteiger partial charge in [0.05, 0.1) is 42.9 Å². The minimum atomic E-state index is 0.260. The summed E-state index contributed by atoms with van der Waals surface area (Å²) in [6, 6.07) is 0.266. The van der Waals surface area contributed by atoms with Gasteiger partial charge >= 0.3 is 0 Å². The molecule has 0 N–H and O–H groups in total. The van der Waals surface area contributed by atoms with Crippen LogP contribution in [0.5, 0.6) is 0 Å². The molecule has 2 aliphatic heterocycles. The summed E-state index contributed by atoms with van der Waals surface area (Å²) in [5, 5.41) is 8.29. The Bertz CT molecular complexity index is 690. The largest absolute Gasteiger partial charge is 0.370 e. The zero-order chi connectivity index (χ0) is 15.3. The molecule has 0 amide bonds. The summed E-state index contributed by atoms with van der Waals surface area (Å²) >= 11 is 0. The van der Waals surface area contributed by atoms with Crippen molar-refractivity contribution in [2.45, 2.75) is 45.6 Å². The average Bonchev–Trinajstić information content (AvgIpc) is 3.09. The summed E-state index contributed by atoms with van der Waals surface area (Å²) in [7, 11) is 2.09. The lowest BCUT2D eigenvalue weighted by molar-refractivity contribution is -0.0674. The number of likely N-dealkylation sites (tertiary alicyclic amines) is 1. The van der Waals surface area contributed by atoms with Crippen molar-refractivity contribution in [3.05, 3.63) is 29.1 Å². The fourth-order valence-corrected chi connectivity index (χ4v) is 3.52. The lowest BCUT2D eigenvalue weighted by Crippen LogP contribution is -2.47. The van der Waals surface area contributed by atoms with E-state index in [9.17, 15) is 0 Å². The van der Waals surface area contributed by atoms with Gasteiger partial charge in [-0.15, -0.1) is 5.10 Å². The van der Waals surface area contributed by atoms with Crippen LogP contribution in [0.25, 0.3) is 0 Å². The van der Waals surface area contributed by atoms with E-state index in [-0.39, 0.29) is 12.1 Å². The molecule has 7 nitrogen and oxygen atoms in total. The number of ether oxygens (including phenoxy) is 1. The van der Waals surface area contributed by atoms with Crippen LogP contribution in [-0.2, 0) is 24.9 Å². The van der Waals surface area contributed by atoms with Gasteiger partial charge in [-0.1, -0.05) is 5.21 Å². The van der Waals surface area contributed by atoms with Crippen LogP contribution >= 0.6 is 0 Å². The molecule has 0 unspecified atom stereocenters. The van der Waals surface area contributed by atoms with Crippen molar-refractivity contribution in [3.63, 3.8) is 0 Å². The molecular formula is C15H22N6O. The highest BCUT2D eigenvalue weighted by atomic mass is 16.5. The number of hydrogen-bond acceptors (Lipinski definition) is 5. The van der Waals surface area contributed by atoms with Gasteiger partial charge in [0.2, 0.25) is 0 Å². The Morgan fingerprint density at radius 3 is 3.00 bits per heavy atom. The van der Waals surface area contributed by atoms with Crippen molar-refractivity contribution in [3.8, 4) is 0 Å². The number of piperidine rings is 1. The SMILES string of the molecule is Cc1nc(CN2CC[C@H]3OCc4cnnn4[C@@H]3C2)n(C)c1C. The first-order chi connectivity index (χ1) is 10.6.